The molecule has 1 unspecified atom stereocenters. The van der Waals surface area contributed by atoms with Gasteiger partial charge in [-0.3, -0.25) is 10.7 Å². The molecule has 2 rings (SSSR count). The maximum Gasteiger partial charge on any atom is 0.323 e. The van der Waals surface area contributed by atoms with E-state index in [4.69, 9.17) is 10.1 Å². The Balaban J connectivity index is 2.08. The number of amidine groups is 1. The second-order valence-electron chi connectivity index (χ2n) is 5.17. The van der Waals surface area contributed by atoms with Crippen molar-refractivity contribution in [1.82, 2.24) is 10.2 Å². The lowest BCUT2D eigenvalue weighted by atomic mass is 9.91. The molecule has 2 N–H and O–H groups in total. The molecule has 2 amide bonds. The number of likely N-dealkylation sites (N-methyl/N-ethyl adjacent to an activating group) is 1. The van der Waals surface area contributed by atoms with Crippen LogP contribution in [0.1, 0.15) is 25.8 Å². The van der Waals surface area contributed by atoms with Crippen LogP contribution in [0, 0.1) is 5.41 Å². The molecule has 0 radical (unpaired) electrons. The smallest absolute Gasteiger partial charge is 0.323 e. The number of carbonyl (C=O) groups is 1. The summed E-state index contributed by atoms with van der Waals surface area (Å²) in [6.07, 6.45) is 1.54. The van der Waals surface area contributed by atoms with Crippen LogP contribution in [0.4, 0.5) is 4.79 Å². The molecule has 1 aliphatic rings. The van der Waals surface area contributed by atoms with Crippen molar-refractivity contribution in [3.05, 3.63) is 29.8 Å². The van der Waals surface area contributed by atoms with E-state index < -0.39 is 5.54 Å². The van der Waals surface area contributed by atoms with Gasteiger partial charge in [-0.05, 0) is 44.4 Å². The third kappa shape index (κ3) is 2.48. The van der Waals surface area contributed by atoms with E-state index in [1.54, 1.807) is 12.0 Å². The SMILES string of the molecule is CCN1C(=O)NC(=N)C1(C)CCc1ccc(OC)cc1. The molecule has 1 fully saturated rings. The summed E-state index contributed by atoms with van der Waals surface area (Å²) in [5.41, 5.74) is 0.640. The second kappa shape index (κ2) is 5.53. The summed E-state index contributed by atoms with van der Waals surface area (Å²) in [6, 6.07) is 7.73. The van der Waals surface area contributed by atoms with E-state index in [0.29, 0.717) is 6.54 Å². The lowest BCUT2D eigenvalue weighted by Crippen LogP contribution is -2.47. The Morgan fingerprint density at radius 3 is 2.55 bits per heavy atom. The van der Waals surface area contributed by atoms with Gasteiger partial charge in [0.1, 0.15) is 11.6 Å². The first kappa shape index (κ1) is 14.4. The number of nitrogens with one attached hydrogen (secondary N) is 2. The van der Waals surface area contributed by atoms with E-state index in [1.165, 1.54) is 5.56 Å². The van der Waals surface area contributed by atoms with Gasteiger partial charge in [-0.15, -0.1) is 0 Å². The highest BCUT2D eigenvalue weighted by Crippen LogP contribution is 2.27. The Labute approximate surface area is 119 Å². The van der Waals surface area contributed by atoms with Crippen LogP contribution in [-0.4, -0.2) is 36.0 Å². The first-order valence-corrected chi connectivity index (χ1v) is 6.82. The summed E-state index contributed by atoms with van der Waals surface area (Å²) in [7, 11) is 1.65. The van der Waals surface area contributed by atoms with Crippen LogP contribution in [0.3, 0.4) is 0 Å². The van der Waals surface area contributed by atoms with Gasteiger partial charge in [0.2, 0.25) is 0 Å². The number of hydrogen-bond acceptors (Lipinski definition) is 3. The highest BCUT2D eigenvalue weighted by atomic mass is 16.5. The second-order valence-corrected chi connectivity index (χ2v) is 5.17. The van der Waals surface area contributed by atoms with Gasteiger partial charge in [0.25, 0.3) is 0 Å². The molecule has 5 heteroatoms. The van der Waals surface area contributed by atoms with Crippen molar-refractivity contribution in [3.63, 3.8) is 0 Å². The first-order chi connectivity index (χ1) is 9.51. The third-order valence-corrected chi connectivity index (χ3v) is 3.99. The van der Waals surface area contributed by atoms with E-state index in [1.807, 2.05) is 38.1 Å². The zero-order chi connectivity index (χ0) is 14.8. The fraction of sp³-hybridized carbons (Fsp3) is 0.467. The number of carbonyl (C=O) groups excluding carboxylic acids is 1. The summed E-state index contributed by atoms with van der Waals surface area (Å²) >= 11 is 0. The molecule has 1 heterocycles. The van der Waals surface area contributed by atoms with Gasteiger partial charge in [-0.1, -0.05) is 12.1 Å². The molecule has 5 nitrogen and oxygen atoms in total. The van der Waals surface area contributed by atoms with E-state index in [2.05, 4.69) is 5.32 Å². The Morgan fingerprint density at radius 2 is 2.00 bits per heavy atom. The predicted octanol–water partition coefficient (Wildman–Crippen LogP) is 2.41. The van der Waals surface area contributed by atoms with Gasteiger partial charge in [-0.2, -0.15) is 0 Å². The highest BCUT2D eigenvalue weighted by Gasteiger charge is 2.45. The number of nitrogens with zero attached hydrogens (tertiary/aromatic N) is 1. The van der Waals surface area contributed by atoms with Crippen molar-refractivity contribution in [2.24, 2.45) is 0 Å². The number of urea groups is 1. The highest BCUT2D eigenvalue weighted by molar-refractivity contribution is 6.08. The molecule has 1 aromatic rings. The molecular weight excluding hydrogens is 254 g/mol. The zero-order valence-electron chi connectivity index (χ0n) is 12.2. The minimum Gasteiger partial charge on any atom is -0.497 e. The Hall–Kier alpha value is -2.04. The van der Waals surface area contributed by atoms with Crippen LogP contribution >= 0.6 is 0 Å². The Kier molecular flexibility index (Phi) is 3.97. The van der Waals surface area contributed by atoms with Crippen molar-refractivity contribution < 1.29 is 9.53 Å². The molecule has 1 aliphatic heterocycles. The number of rotatable bonds is 5. The summed E-state index contributed by atoms with van der Waals surface area (Å²) < 4.78 is 5.14. The number of ether oxygens (including phenoxy) is 1. The van der Waals surface area contributed by atoms with Gasteiger partial charge in [0.05, 0.1) is 12.6 Å². The molecule has 1 saturated heterocycles. The van der Waals surface area contributed by atoms with Crippen LogP contribution in [-0.2, 0) is 6.42 Å². The van der Waals surface area contributed by atoms with E-state index in [-0.39, 0.29) is 11.9 Å². The van der Waals surface area contributed by atoms with E-state index >= 15 is 0 Å². The van der Waals surface area contributed by atoms with Gasteiger partial charge in [-0.25, -0.2) is 4.79 Å². The predicted molar refractivity (Wildman–Crippen MR) is 78.4 cm³/mol. The Morgan fingerprint density at radius 1 is 1.35 bits per heavy atom. The fourth-order valence-corrected chi connectivity index (χ4v) is 2.60. The van der Waals surface area contributed by atoms with Crippen molar-refractivity contribution >= 4 is 11.9 Å². The molecule has 0 spiro atoms. The summed E-state index contributed by atoms with van der Waals surface area (Å²) in [5.74, 6) is 1.12. The molecule has 108 valence electrons. The van der Waals surface area contributed by atoms with Crippen LogP contribution in [0.25, 0.3) is 0 Å². The molecule has 1 atom stereocenters. The maximum atomic E-state index is 11.8. The van der Waals surface area contributed by atoms with Crippen LogP contribution < -0.4 is 10.1 Å². The van der Waals surface area contributed by atoms with Gasteiger partial charge in [0.15, 0.2) is 0 Å². The minimum absolute atomic E-state index is 0.172. The lowest BCUT2D eigenvalue weighted by Gasteiger charge is -2.32. The van der Waals surface area contributed by atoms with Crippen LogP contribution in [0.2, 0.25) is 0 Å². The average Bonchev–Trinajstić information content (AvgIpc) is 2.67. The molecule has 0 aromatic heterocycles. The van der Waals surface area contributed by atoms with E-state index in [0.717, 1.165) is 18.6 Å². The number of aryl methyl sites for hydroxylation is 1. The van der Waals surface area contributed by atoms with Crippen molar-refractivity contribution in [2.45, 2.75) is 32.2 Å². The molecule has 0 aliphatic carbocycles. The standard InChI is InChI=1S/C15H21N3O2/c1-4-18-14(19)17-13(16)15(18,2)10-9-11-5-7-12(20-3)8-6-11/h5-8H,4,9-10H2,1-3H3,(H2,16,17,19). The first-order valence-electron chi connectivity index (χ1n) is 6.82. The summed E-state index contributed by atoms with van der Waals surface area (Å²) in [6.45, 7) is 4.48. The van der Waals surface area contributed by atoms with E-state index in [9.17, 15) is 4.79 Å². The molecule has 0 bridgehead atoms. The molecule has 0 saturated carbocycles. The zero-order valence-corrected chi connectivity index (χ0v) is 12.2. The summed E-state index contributed by atoms with van der Waals surface area (Å²) in [4.78, 5) is 13.5. The maximum absolute atomic E-state index is 11.8. The quantitative estimate of drug-likeness (QED) is 0.866. The van der Waals surface area contributed by atoms with Gasteiger partial charge < -0.3 is 9.64 Å². The fourth-order valence-electron chi connectivity index (χ4n) is 2.60. The number of methoxy groups -OCH3 is 1. The van der Waals surface area contributed by atoms with Crippen molar-refractivity contribution in [1.29, 1.82) is 5.41 Å². The van der Waals surface area contributed by atoms with Crippen LogP contribution in [0.15, 0.2) is 24.3 Å². The number of benzene rings is 1. The van der Waals surface area contributed by atoms with Crippen LogP contribution in [0.5, 0.6) is 5.75 Å². The number of amides is 2. The van der Waals surface area contributed by atoms with Gasteiger partial charge >= 0.3 is 6.03 Å². The normalized spacial score (nSPS) is 22.1. The number of hydrogen-bond donors (Lipinski definition) is 2. The topological polar surface area (TPSA) is 65.4 Å². The largest absolute Gasteiger partial charge is 0.497 e. The lowest BCUT2D eigenvalue weighted by molar-refractivity contribution is 0.180. The van der Waals surface area contributed by atoms with Crippen molar-refractivity contribution in [3.8, 4) is 5.75 Å². The average molecular weight is 275 g/mol. The van der Waals surface area contributed by atoms with Crippen molar-refractivity contribution in [2.75, 3.05) is 13.7 Å². The molecule has 1 aromatic carbocycles. The third-order valence-electron chi connectivity index (χ3n) is 3.99. The Bertz CT molecular complexity index is 512. The van der Waals surface area contributed by atoms with Gasteiger partial charge in [0, 0.05) is 6.54 Å². The molecular formula is C15H21N3O2. The minimum atomic E-state index is -0.536. The summed E-state index contributed by atoms with van der Waals surface area (Å²) in [5, 5.41) is 10.6. The molecule has 20 heavy (non-hydrogen) atoms. The monoisotopic (exact) mass is 275 g/mol.